The molecule has 0 saturated heterocycles. The smallest absolute Gasteiger partial charge is 0.390 e. The van der Waals surface area contributed by atoms with Crippen LogP contribution in [0.5, 0.6) is 0 Å². The number of aryl methyl sites for hydroxylation is 1. The molecular weight excluding hydrogens is 285 g/mol. The maximum atomic E-state index is 12.1. The van der Waals surface area contributed by atoms with E-state index < -0.39 is 25.1 Å². The highest BCUT2D eigenvalue weighted by Gasteiger charge is 2.27. The number of pyridine rings is 1. The number of carboxylic acid groups (broad SMARTS) is 1. The molecule has 1 rings (SSSR count). The number of alkyl halides is 3. The number of halogens is 4. The van der Waals surface area contributed by atoms with Crippen LogP contribution in [-0.4, -0.2) is 28.8 Å². The van der Waals surface area contributed by atoms with Gasteiger partial charge >= 0.3 is 12.1 Å². The molecule has 0 aliphatic rings. The van der Waals surface area contributed by atoms with Crippen LogP contribution < -0.4 is 5.32 Å². The molecule has 2 N–H and O–H groups in total. The van der Waals surface area contributed by atoms with Gasteiger partial charge in [0, 0.05) is 12.7 Å². The second kappa shape index (κ2) is 6.10. The summed E-state index contributed by atoms with van der Waals surface area (Å²) in [6, 6.07) is 0. The minimum atomic E-state index is -4.32. The number of nitrogens with zero attached hydrogens (tertiary/aromatic N) is 1. The van der Waals surface area contributed by atoms with Crippen LogP contribution in [0.2, 0.25) is 5.02 Å². The van der Waals surface area contributed by atoms with Gasteiger partial charge in [-0.05, 0) is 6.42 Å². The Morgan fingerprint density at radius 2 is 2.16 bits per heavy atom. The fraction of sp³-hybridized carbons (Fsp3) is 0.455. The normalized spacial score (nSPS) is 11.4. The van der Waals surface area contributed by atoms with Crippen molar-refractivity contribution in [2.75, 3.05) is 11.9 Å². The summed E-state index contributed by atoms with van der Waals surface area (Å²) in [6.07, 6.45) is -3.86. The van der Waals surface area contributed by atoms with Crippen LogP contribution in [0.15, 0.2) is 6.20 Å². The van der Waals surface area contributed by atoms with Gasteiger partial charge < -0.3 is 10.4 Å². The highest BCUT2D eigenvalue weighted by molar-refractivity contribution is 6.34. The first-order valence-corrected chi connectivity index (χ1v) is 5.85. The molecule has 1 heterocycles. The van der Waals surface area contributed by atoms with Gasteiger partial charge in [0.15, 0.2) is 0 Å². The standard InChI is InChI=1S/C11H12ClF3N2O2/c1-2-7-8(12)9(6(5-17-7)10(18)19)16-4-3-11(13,14)15/h5H,2-4H2,1H3,(H,16,17)(H,18,19). The zero-order chi connectivity index (χ0) is 14.6. The van der Waals surface area contributed by atoms with E-state index in [2.05, 4.69) is 10.3 Å². The molecule has 1 aromatic heterocycles. The summed E-state index contributed by atoms with van der Waals surface area (Å²) in [5.41, 5.74) is 0.163. The Bertz CT molecular complexity index is 478. The van der Waals surface area contributed by atoms with Gasteiger partial charge in [0.05, 0.1) is 22.8 Å². The van der Waals surface area contributed by atoms with Crippen molar-refractivity contribution in [2.45, 2.75) is 25.9 Å². The Kier molecular flexibility index (Phi) is 4.99. The lowest BCUT2D eigenvalue weighted by atomic mass is 10.1. The zero-order valence-corrected chi connectivity index (χ0v) is 10.8. The number of hydrogen-bond acceptors (Lipinski definition) is 3. The van der Waals surface area contributed by atoms with Crippen molar-refractivity contribution in [1.82, 2.24) is 4.98 Å². The molecule has 0 aromatic carbocycles. The third kappa shape index (κ3) is 4.27. The number of nitrogens with one attached hydrogen (secondary N) is 1. The third-order valence-corrected chi connectivity index (χ3v) is 2.77. The average Bonchev–Trinajstić information content (AvgIpc) is 2.29. The van der Waals surface area contributed by atoms with Crippen LogP contribution in [0, 0.1) is 0 Å². The van der Waals surface area contributed by atoms with Crippen molar-refractivity contribution >= 4 is 23.3 Å². The molecular formula is C11H12ClF3N2O2. The summed E-state index contributed by atoms with van der Waals surface area (Å²) < 4.78 is 36.2. The number of aromatic carboxylic acids is 1. The number of anilines is 1. The van der Waals surface area contributed by atoms with Crippen LogP contribution in [-0.2, 0) is 6.42 Å². The Hall–Kier alpha value is -1.50. The van der Waals surface area contributed by atoms with Crippen molar-refractivity contribution in [3.8, 4) is 0 Å². The molecule has 0 unspecified atom stereocenters. The molecule has 8 heteroatoms. The molecule has 19 heavy (non-hydrogen) atoms. The lowest BCUT2D eigenvalue weighted by molar-refractivity contribution is -0.131. The summed E-state index contributed by atoms with van der Waals surface area (Å²) in [7, 11) is 0. The first-order valence-electron chi connectivity index (χ1n) is 5.47. The first-order chi connectivity index (χ1) is 8.76. The summed E-state index contributed by atoms with van der Waals surface area (Å²) >= 11 is 5.94. The van der Waals surface area contributed by atoms with Gasteiger partial charge in [0.2, 0.25) is 0 Å². The van der Waals surface area contributed by atoms with Gasteiger partial charge in [-0.3, -0.25) is 4.98 Å². The van der Waals surface area contributed by atoms with Crippen molar-refractivity contribution in [2.24, 2.45) is 0 Å². The highest BCUT2D eigenvalue weighted by Crippen LogP contribution is 2.29. The maximum absolute atomic E-state index is 12.1. The molecule has 1 aromatic rings. The summed E-state index contributed by atoms with van der Waals surface area (Å²) in [5.74, 6) is -1.30. The van der Waals surface area contributed by atoms with Gasteiger partial charge in [-0.15, -0.1) is 0 Å². The fourth-order valence-corrected chi connectivity index (χ4v) is 1.79. The largest absolute Gasteiger partial charge is 0.478 e. The predicted octanol–water partition coefficient (Wildman–Crippen LogP) is 3.36. The van der Waals surface area contributed by atoms with Gasteiger partial charge in [0.25, 0.3) is 0 Å². The van der Waals surface area contributed by atoms with Gasteiger partial charge in [-0.25, -0.2) is 4.79 Å². The minimum Gasteiger partial charge on any atom is -0.478 e. The van der Waals surface area contributed by atoms with Crippen molar-refractivity contribution < 1.29 is 23.1 Å². The van der Waals surface area contributed by atoms with E-state index in [0.717, 1.165) is 6.20 Å². The Labute approximate surface area is 112 Å². The molecule has 0 atom stereocenters. The second-order valence-corrected chi connectivity index (χ2v) is 4.14. The van der Waals surface area contributed by atoms with Gasteiger partial charge in [-0.1, -0.05) is 18.5 Å². The number of hydrogen-bond donors (Lipinski definition) is 2. The van der Waals surface area contributed by atoms with E-state index >= 15 is 0 Å². The number of carbonyl (C=O) groups is 1. The lowest BCUT2D eigenvalue weighted by Crippen LogP contribution is -2.17. The topological polar surface area (TPSA) is 62.2 Å². The van der Waals surface area contributed by atoms with E-state index in [1.807, 2.05) is 0 Å². The van der Waals surface area contributed by atoms with Gasteiger partial charge in [-0.2, -0.15) is 13.2 Å². The minimum absolute atomic E-state index is 0.0229. The molecule has 0 radical (unpaired) electrons. The Morgan fingerprint density at radius 1 is 1.53 bits per heavy atom. The Balaban J connectivity index is 2.99. The lowest BCUT2D eigenvalue weighted by Gasteiger charge is -2.14. The fourth-order valence-electron chi connectivity index (χ4n) is 1.44. The monoisotopic (exact) mass is 296 g/mol. The summed E-state index contributed by atoms with van der Waals surface area (Å²) in [6.45, 7) is 1.31. The van der Waals surface area contributed by atoms with Crippen molar-refractivity contribution in [3.63, 3.8) is 0 Å². The van der Waals surface area contributed by atoms with Crippen LogP contribution in [0.1, 0.15) is 29.4 Å². The van der Waals surface area contributed by atoms with E-state index in [1.54, 1.807) is 6.92 Å². The first kappa shape index (κ1) is 15.6. The molecule has 0 aliphatic heterocycles. The number of carboxylic acids is 1. The van der Waals surface area contributed by atoms with Crippen molar-refractivity contribution in [1.29, 1.82) is 0 Å². The average molecular weight is 297 g/mol. The third-order valence-electron chi connectivity index (χ3n) is 2.37. The van der Waals surface area contributed by atoms with E-state index in [9.17, 15) is 18.0 Å². The zero-order valence-electron chi connectivity index (χ0n) is 10.0. The van der Waals surface area contributed by atoms with E-state index in [-0.39, 0.29) is 16.3 Å². The predicted molar refractivity (Wildman–Crippen MR) is 64.7 cm³/mol. The van der Waals surface area contributed by atoms with Gasteiger partial charge in [0.1, 0.15) is 5.56 Å². The van der Waals surface area contributed by atoms with Crippen LogP contribution >= 0.6 is 11.6 Å². The summed E-state index contributed by atoms with van der Waals surface area (Å²) in [5, 5.41) is 11.4. The molecule has 106 valence electrons. The van der Waals surface area contributed by atoms with E-state index in [1.165, 1.54) is 0 Å². The van der Waals surface area contributed by atoms with Crippen LogP contribution in [0.3, 0.4) is 0 Å². The molecule has 0 spiro atoms. The second-order valence-electron chi connectivity index (χ2n) is 3.76. The maximum Gasteiger partial charge on any atom is 0.390 e. The van der Waals surface area contributed by atoms with Crippen molar-refractivity contribution in [3.05, 3.63) is 22.5 Å². The van der Waals surface area contributed by atoms with E-state index in [0.29, 0.717) is 12.1 Å². The Morgan fingerprint density at radius 3 is 2.63 bits per heavy atom. The van der Waals surface area contributed by atoms with Crippen LogP contribution in [0.25, 0.3) is 0 Å². The summed E-state index contributed by atoms with van der Waals surface area (Å²) in [4.78, 5) is 14.8. The molecule has 0 aliphatic carbocycles. The molecule has 0 fully saturated rings. The SMILES string of the molecule is CCc1ncc(C(=O)O)c(NCCC(F)(F)F)c1Cl. The molecule has 0 saturated carbocycles. The molecule has 0 bridgehead atoms. The quantitative estimate of drug-likeness (QED) is 0.874. The number of rotatable bonds is 5. The number of aromatic nitrogens is 1. The highest BCUT2D eigenvalue weighted by atomic mass is 35.5. The van der Waals surface area contributed by atoms with E-state index in [4.69, 9.17) is 16.7 Å². The van der Waals surface area contributed by atoms with Crippen LogP contribution in [0.4, 0.5) is 18.9 Å². The molecule has 0 amide bonds. The molecule has 4 nitrogen and oxygen atoms in total.